The van der Waals surface area contributed by atoms with E-state index in [1.807, 2.05) is 6.92 Å². The first-order chi connectivity index (χ1) is 18.8. The highest BCUT2D eigenvalue weighted by atomic mass is 16.6. The van der Waals surface area contributed by atoms with Crippen molar-refractivity contribution in [2.24, 2.45) is 17.6 Å². The summed E-state index contributed by atoms with van der Waals surface area (Å²) in [6.07, 6.45) is 3.61. The zero-order valence-corrected chi connectivity index (χ0v) is 24.1. The molecule has 0 aromatic heterocycles. The van der Waals surface area contributed by atoms with E-state index in [0.717, 1.165) is 6.08 Å². The predicted octanol–water partition coefficient (Wildman–Crippen LogP) is 2.41. The first kappa shape index (κ1) is 32.7. The maximum atomic E-state index is 13.3. The maximum Gasteiger partial charge on any atom is 0.405 e. The van der Waals surface area contributed by atoms with E-state index in [9.17, 15) is 24.3 Å². The fraction of sp³-hybridized carbons (Fsp3) is 0.517. The summed E-state index contributed by atoms with van der Waals surface area (Å²) in [5.41, 5.74) is 6.12. The van der Waals surface area contributed by atoms with Crippen LogP contribution in [0.4, 0.5) is 4.79 Å². The molecule has 0 radical (unpaired) electrons. The van der Waals surface area contributed by atoms with Crippen LogP contribution < -0.4 is 11.1 Å². The molecule has 2 amide bonds. The van der Waals surface area contributed by atoms with Gasteiger partial charge in [-0.25, -0.2) is 4.79 Å². The molecule has 11 nitrogen and oxygen atoms in total. The van der Waals surface area contributed by atoms with Crippen LogP contribution in [-0.4, -0.2) is 74.4 Å². The average molecular weight is 561 g/mol. The van der Waals surface area contributed by atoms with Crippen molar-refractivity contribution in [3.8, 4) is 0 Å². The number of nitrogens with one attached hydrogen (secondary N) is 1. The standard InChI is InChI=1S/C29H40N2O9/c1-15-11-19-25(34)20(14-21(32)27(19)39-7)31-28(35)16(2)9-8-10-22(37-5)26(40-29(30)36)18(4)13-17(3)24(33)23(12-15)38-6/h8-10,13-15,17,22-24,26,33H,11-12H2,1-7H3,(H2,30,36)(H,31,35)/b10-8-,16-9+,18-13+/t15-,17+,22+,23+,24-,26?/m1/s1. The zero-order valence-electron chi connectivity index (χ0n) is 24.1. The largest absolute Gasteiger partial charge is 0.492 e. The minimum atomic E-state index is -1.00. The summed E-state index contributed by atoms with van der Waals surface area (Å²) in [5.74, 6) is -2.39. The molecule has 1 heterocycles. The number of allylic oxidation sites excluding steroid dienone is 4. The number of carbonyl (C=O) groups is 4. The fourth-order valence-corrected chi connectivity index (χ4v) is 4.78. The smallest absolute Gasteiger partial charge is 0.405 e. The van der Waals surface area contributed by atoms with E-state index in [1.165, 1.54) is 34.3 Å². The molecule has 2 bridgehead atoms. The number of rotatable bonds is 4. The van der Waals surface area contributed by atoms with Gasteiger partial charge in [-0.2, -0.15) is 0 Å². The number of ketones is 2. The topological polar surface area (TPSA) is 163 Å². The number of hydrogen-bond acceptors (Lipinski definition) is 9. The molecule has 0 spiro atoms. The van der Waals surface area contributed by atoms with Crippen LogP contribution in [0.2, 0.25) is 0 Å². The summed E-state index contributed by atoms with van der Waals surface area (Å²) in [7, 11) is 4.21. The highest BCUT2D eigenvalue weighted by molar-refractivity contribution is 6.23. The molecular weight excluding hydrogens is 520 g/mol. The Morgan fingerprint density at radius 3 is 2.35 bits per heavy atom. The van der Waals surface area contributed by atoms with Crippen LogP contribution in [0.5, 0.6) is 0 Å². The van der Waals surface area contributed by atoms with Crippen molar-refractivity contribution in [2.75, 3.05) is 21.3 Å². The third-order valence-corrected chi connectivity index (χ3v) is 6.95. The van der Waals surface area contributed by atoms with E-state index in [1.54, 1.807) is 32.1 Å². The van der Waals surface area contributed by atoms with Gasteiger partial charge in [-0.15, -0.1) is 0 Å². The van der Waals surface area contributed by atoms with Gasteiger partial charge in [0.2, 0.25) is 11.6 Å². The number of hydrogen-bond donors (Lipinski definition) is 3. The van der Waals surface area contributed by atoms with Crippen molar-refractivity contribution < 1.29 is 43.2 Å². The molecule has 6 atom stereocenters. The van der Waals surface area contributed by atoms with E-state index in [0.29, 0.717) is 12.0 Å². The number of methoxy groups -OCH3 is 3. The molecule has 2 aliphatic rings. The molecule has 0 aromatic carbocycles. The number of aliphatic hydroxyl groups excluding tert-OH is 1. The SMILES string of the molecule is COC1=C2C[C@@H](C)C[C@H](OC)[C@H](O)[C@@H](C)/C=C(\C)C(OC(N)=O)[C@@H](OC)/C=C\C=C(/C)C(=O)NC(=CC1=O)C2=O. The van der Waals surface area contributed by atoms with Gasteiger partial charge in [0.25, 0.3) is 5.91 Å². The second-order valence-electron chi connectivity index (χ2n) is 10.1. The summed E-state index contributed by atoms with van der Waals surface area (Å²) >= 11 is 0. The summed E-state index contributed by atoms with van der Waals surface area (Å²) < 4.78 is 21.7. The van der Waals surface area contributed by atoms with Crippen LogP contribution in [-0.2, 0) is 33.3 Å². The molecule has 1 aliphatic heterocycles. The Labute approximate surface area is 234 Å². The van der Waals surface area contributed by atoms with Crippen molar-refractivity contribution in [1.29, 1.82) is 0 Å². The molecule has 0 saturated heterocycles. The Balaban J connectivity index is 2.60. The lowest BCUT2D eigenvalue weighted by atomic mass is 9.85. The number of Topliss-reactive ketones (excluding diaryl/α,β-unsaturated/α-hetero) is 1. The number of carbonyl (C=O) groups excluding carboxylic acids is 4. The molecule has 1 aliphatic carbocycles. The Morgan fingerprint density at radius 1 is 1.10 bits per heavy atom. The van der Waals surface area contributed by atoms with Gasteiger partial charge in [-0.3, -0.25) is 14.4 Å². The summed E-state index contributed by atoms with van der Waals surface area (Å²) in [4.78, 5) is 50.6. The normalized spacial score (nSPS) is 32.7. The van der Waals surface area contributed by atoms with Gasteiger partial charge in [0.05, 0.1) is 25.0 Å². The van der Waals surface area contributed by atoms with Crippen LogP contribution in [0.25, 0.3) is 0 Å². The lowest BCUT2D eigenvalue weighted by Gasteiger charge is -2.29. The molecule has 4 N–H and O–H groups in total. The Morgan fingerprint density at radius 2 is 1.77 bits per heavy atom. The first-order valence-corrected chi connectivity index (χ1v) is 13.0. The number of primary amides is 1. The molecule has 11 heteroatoms. The van der Waals surface area contributed by atoms with Crippen molar-refractivity contribution in [3.63, 3.8) is 0 Å². The maximum absolute atomic E-state index is 13.3. The number of nitrogens with two attached hydrogens (primary N) is 1. The van der Waals surface area contributed by atoms with Crippen LogP contribution in [0.1, 0.15) is 40.5 Å². The average Bonchev–Trinajstić information content (AvgIpc) is 2.90. The van der Waals surface area contributed by atoms with E-state index in [2.05, 4.69) is 5.32 Å². The lowest BCUT2D eigenvalue weighted by molar-refractivity contribution is -0.120. The van der Waals surface area contributed by atoms with Gasteiger partial charge in [-0.1, -0.05) is 38.2 Å². The zero-order chi connectivity index (χ0) is 30.1. The quantitative estimate of drug-likeness (QED) is 0.346. The Kier molecular flexibility index (Phi) is 12.0. The third-order valence-electron chi connectivity index (χ3n) is 6.95. The Hall–Kier alpha value is -3.54. The van der Waals surface area contributed by atoms with Crippen LogP contribution in [0.15, 0.2) is 58.6 Å². The molecule has 2 rings (SSSR count). The van der Waals surface area contributed by atoms with E-state index in [-0.39, 0.29) is 34.9 Å². The van der Waals surface area contributed by atoms with Gasteiger partial charge in [0.1, 0.15) is 6.10 Å². The second-order valence-corrected chi connectivity index (χ2v) is 10.1. The first-order valence-electron chi connectivity index (χ1n) is 13.0. The molecular formula is C29H40N2O9. The van der Waals surface area contributed by atoms with E-state index in [4.69, 9.17) is 24.7 Å². The fourth-order valence-electron chi connectivity index (χ4n) is 4.78. The minimum Gasteiger partial charge on any atom is -0.492 e. The van der Waals surface area contributed by atoms with Gasteiger partial charge >= 0.3 is 6.09 Å². The highest BCUT2D eigenvalue weighted by Crippen LogP contribution is 2.29. The third kappa shape index (κ3) is 8.23. The van der Waals surface area contributed by atoms with Crippen molar-refractivity contribution in [1.82, 2.24) is 5.32 Å². The van der Waals surface area contributed by atoms with Gasteiger partial charge < -0.3 is 35.1 Å². The number of ether oxygens (including phenoxy) is 4. The number of fused-ring (bicyclic) bond motifs is 2. The van der Waals surface area contributed by atoms with Crippen LogP contribution in [0.3, 0.4) is 0 Å². The summed E-state index contributed by atoms with van der Waals surface area (Å²) in [5, 5.41) is 13.7. The monoisotopic (exact) mass is 560 g/mol. The highest BCUT2D eigenvalue weighted by Gasteiger charge is 2.34. The van der Waals surface area contributed by atoms with Crippen molar-refractivity contribution in [2.45, 2.75) is 65.0 Å². The molecule has 0 saturated carbocycles. The van der Waals surface area contributed by atoms with Crippen LogP contribution >= 0.6 is 0 Å². The molecule has 1 unspecified atom stereocenters. The minimum absolute atomic E-state index is 0.0801. The summed E-state index contributed by atoms with van der Waals surface area (Å²) in [6, 6.07) is 0. The van der Waals surface area contributed by atoms with Gasteiger partial charge in [0, 0.05) is 37.4 Å². The second kappa shape index (κ2) is 14.7. The van der Waals surface area contributed by atoms with Crippen LogP contribution in [0, 0.1) is 11.8 Å². The Bertz CT molecular complexity index is 1150. The van der Waals surface area contributed by atoms with E-state index >= 15 is 0 Å². The van der Waals surface area contributed by atoms with Crippen molar-refractivity contribution in [3.05, 3.63) is 58.6 Å². The lowest BCUT2D eigenvalue weighted by Crippen LogP contribution is -2.37. The molecule has 220 valence electrons. The molecule has 0 fully saturated rings. The van der Waals surface area contributed by atoms with Gasteiger partial charge in [0.15, 0.2) is 11.9 Å². The van der Waals surface area contributed by atoms with E-state index < -0.39 is 53.9 Å². The predicted molar refractivity (Wildman–Crippen MR) is 147 cm³/mol. The number of amides is 2. The molecule has 0 aromatic rings. The number of aliphatic hydroxyl groups is 1. The molecule has 40 heavy (non-hydrogen) atoms. The summed E-state index contributed by atoms with van der Waals surface area (Å²) in [6.45, 7) is 6.92. The van der Waals surface area contributed by atoms with Gasteiger partial charge in [-0.05, 0) is 38.2 Å². The van der Waals surface area contributed by atoms with Crippen molar-refractivity contribution >= 4 is 23.6 Å².